The van der Waals surface area contributed by atoms with Crippen molar-refractivity contribution in [3.05, 3.63) is 28.5 Å². The fraction of sp³-hybridized carbons (Fsp3) is 0.700. The molecule has 0 aliphatic heterocycles. The number of aromatic nitrogens is 2. The van der Waals surface area contributed by atoms with Crippen LogP contribution in [0.1, 0.15) is 89.4 Å². The molecule has 1 aliphatic rings. The van der Waals surface area contributed by atoms with Gasteiger partial charge in [0.2, 0.25) is 5.71 Å². The summed E-state index contributed by atoms with van der Waals surface area (Å²) >= 11 is 0. The summed E-state index contributed by atoms with van der Waals surface area (Å²) in [5, 5.41) is 0.972. The summed E-state index contributed by atoms with van der Waals surface area (Å²) < 4.78 is 7.61. The zero-order valence-corrected chi connectivity index (χ0v) is 14.9. The van der Waals surface area contributed by atoms with Crippen LogP contribution in [-0.2, 0) is 6.42 Å². The molecule has 2 aromatic heterocycles. The van der Waals surface area contributed by atoms with Crippen molar-refractivity contribution in [2.24, 2.45) is 0 Å². The van der Waals surface area contributed by atoms with Crippen LogP contribution in [0.15, 0.2) is 21.5 Å². The molecule has 0 unspecified atom stereocenters. The van der Waals surface area contributed by atoms with Gasteiger partial charge in [-0.15, -0.1) is 0 Å². The molecule has 132 valence electrons. The molecule has 0 radical (unpaired) electrons. The molecule has 24 heavy (non-hydrogen) atoms. The van der Waals surface area contributed by atoms with Crippen LogP contribution in [0.4, 0.5) is 0 Å². The Bertz CT molecular complexity index is 695. The van der Waals surface area contributed by atoms with Crippen LogP contribution >= 0.6 is 0 Å². The summed E-state index contributed by atoms with van der Waals surface area (Å²) in [6.45, 7) is 2.25. The second-order valence-corrected chi connectivity index (χ2v) is 7.21. The van der Waals surface area contributed by atoms with E-state index in [-0.39, 0.29) is 5.69 Å². The molecule has 1 aliphatic carbocycles. The van der Waals surface area contributed by atoms with Crippen molar-refractivity contribution in [1.82, 2.24) is 9.55 Å². The molecule has 0 saturated heterocycles. The Morgan fingerprint density at radius 2 is 1.83 bits per heavy atom. The highest BCUT2D eigenvalue weighted by atomic mass is 16.3. The van der Waals surface area contributed by atoms with Gasteiger partial charge in [0.05, 0.1) is 5.39 Å². The number of furan rings is 1. The molecule has 2 aromatic rings. The number of unbranched alkanes of at least 4 members (excludes halogenated alkanes) is 6. The van der Waals surface area contributed by atoms with Crippen molar-refractivity contribution in [1.29, 1.82) is 0 Å². The summed E-state index contributed by atoms with van der Waals surface area (Å²) in [6, 6.07) is 2.40. The average Bonchev–Trinajstić information content (AvgIpc) is 3.22. The van der Waals surface area contributed by atoms with E-state index in [9.17, 15) is 4.79 Å². The molecule has 0 spiro atoms. The van der Waals surface area contributed by atoms with Gasteiger partial charge in [0, 0.05) is 18.7 Å². The molecule has 0 atom stereocenters. The fourth-order valence-corrected chi connectivity index (χ4v) is 3.80. The SMILES string of the molecule is CCCCCCCCCc1cc2cn(C3CCCC3)c(=O)nc2o1. The Morgan fingerprint density at radius 1 is 1.12 bits per heavy atom. The molecule has 1 fully saturated rings. The van der Waals surface area contributed by atoms with Crippen LogP contribution in [0, 0.1) is 0 Å². The lowest BCUT2D eigenvalue weighted by Crippen LogP contribution is -2.24. The van der Waals surface area contributed by atoms with Crippen LogP contribution in [0.5, 0.6) is 0 Å². The predicted molar refractivity (Wildman–Crippen MR) is 97.5 cm³/mol. The van der Waals surface area contributed by atoms with E-state index in [0.29, 0.717) is 11.8 Å². The second-order valence-electron chi connectivity index (χ2n) is 7.21. The quantitative estimate of drug-likeness (QED) is 0.578. The smallest absolute Gasteiger partial charge is 0.351 e. The third-order valence-electron chi connectivity index (χ3n) is 5.23. The van der Waals surface area contributed by atoms with Gasteiger partial charge in [-0.05, 0) is 25.3 Å². The van der Waals surface area contributed by atoms with Crippen molar-refractivity contribution >= 4 is 11.1 Å². The summed E-state index contributed by atoms with van der Waals surface area (Å²) in [5.41, 5.74) is 0.346. The van der Waals surface area contributed by atoms with E-state index in [1.165, 1.54) is 51.4 Å². The highest BCUT2D eigenvalue weighted by Crippen LogP contribution is 2.29. The third-order valence-corrected chi connectivity index (χ3v) is 5.23. The lowest BCUT2D eigenvalue weighted by atomic mass is 10.1. The highest BCUT2D eigenvalue weighted by Gasteiger charge is 2.19. The van der Waals surface area contributed by atoms with E-state index in [1.807, 2.05) is 10.8 Å². The van der Waals surface area contributed by atoms with E-state index in [2.05, 4.69) is 18.0 Å². The molecule has 1 saturated carbocycles. The number of nitrogens with zero attached hydrogens (tertiary/aromatic N) is 2. The number of aryl methyl sites for hydroxylation is 1. The molecular formula is C20H30N2O2. The molecule has 0 bridgehead atoms. The first kappa shape index (κ1) is 17.2. The van der Waals surface area contributed by atoms with E-state index in [1.54, 1.807) is 0 Å². The molecule has 3 rings (SSSR count). The lowest BCUT2D eigenvalue weighted by molar-refractivity contribution is 0.485. The Kier molecular flexibility index (Phi) is 6.11. The summed E-state index contributed by atoms with van der Waals surface area (Å²) in [5.74, 6) is 0.967. The highest BCUT2D eigenvalue weighted by molar-refractivity contribution is 5.72. The van der Waals surface area contributed by atoms with Gasteiger partial charge in [-0.3, -0.25) is 4.57 Å². The molecule has 0 amide bonds. The van der Waals surface area contributed by atoms with Gasteiger partial charge < -0.3 is 4.42 Å². The molecule has 2 heterocycles. The van der Waals surface area contributed by atoms with E-state index in [0.717, 1.165) is 36.8 Å². The zero-order valence-electron chi connectivity index (χ0n) is 14.9. The molecule has 0 N–H and O–H groups in total. The van der Waals surface area contributed by atoms with Crippen LogP contribution in [0.2, 0.25) is 0 Å². The van der Waals surface area contributed by atoms with Crippen molar-refractivity contribution in [2.75, 3.05) is 0 Å². The topological polar surface area (TPSA) is 48.0 Å². The largest absolute Gasteiger partial charge is 0.443 e. The van der Waals surface area contributed by atoms with Crippen LogP contribution in [0.3, 0.4) is 0 Å². The van der Waals surface area contributed by atoms with Crippen LogP contribution in [-0.4, -0.2) is 9.55 Å². The fourth-order valence-electron chi connectivity index (χ4n) is 3.80. The first-order valence-corrected chi connectivity index (χ1v) is 9.79. The monoisotopic (exact) mass is 330 g/mol. The first-order valence-electron chi connectivity index (χ1n) is 9.79. The van der Waals surface area contributed by atoms with Crippen molar-refractivity contribution in [3.63, 3.8) is 0 Å². The van der Waals surface area contributed by atoms with Crippen molar-refractivity contribution in [3.8, 4) is 0 Å². The minimum Gasteiger partial charge on any atom is -0.443 e. The second kappa shape index (κ2) is 8.50. The molecule has 4 heteroatoms. The maximum Gasteiger partial charge on any atom is 0.351 e. The predicted octanol–water partition coefficient (Wildman–Crippen LogP) is 5.40. The number of hydrogen-bond acceptors (Lipinski definition) is 3. The third kappa shape index (κ3) is 4.28. The van der Waals surface area contributed by atoms with Crippen molar-refractivity contribution in [2.45, 2.75) is 90.0 Å². The summed E-state index contributed by atoms with van der Waals surface area (Å²) in [7, 11) is 0. The van der Waals surface area contributed by atoms with Crippen LogP contribution in [0.25, 0.3) is 11.1 Å². The van der Waals surface area contributed by atoms with Crippen LogP contribution < -0.4 is 5.69 Å². The Balaban J connectivity index is 1.56. The standard InChI is InChI=1S/C20H30N2O2/c1-2-3-4-5-6-7-8-13-18-14-16-15-22(17-11-9-10-12-17)20(23)21-19(16)24-18/h14-15,17H,2-13H2,1H3. The normalized spacial score (nSPS) is 15.5. The average molecular weight is 330 g/mol. The van der Waals surface area contributed by atoms with Gasteiger partial charge in [0.1, 0.15) is 5.76 Å². The maximum absolute atomic E-state index is 12.2. The first-order chi connectivity index (χ1) is 11.8. The minimum atomic E-state index is -0.161. The Labute approximate surface area is 144 Å². The summed E-state index contributed by atoms with van der Waals surface area (Å²) in [6.07, 6.45) is 16.6. The lowest BCUT2D eigenvalue weighted by Gasteiger charge is -2.11. The Hall–Kier alpha value is -1.58. The zero-order chi connectivity index (χ0) is 16.8. The number of fused-ring (bicyclic) bond motifs is 1. The van der Waals surface area contributed by atoms with E-state index in [4.69, 9.17) is 4.42 Å². The molecule has 0 aromatic carbocycles. The minimum absolute atomic E-state index is 0.161. The van der Waals surface area contributed by atoms with Crippen molar-refractivity contribution < 1.29 is 4.42 Å². The molecular weight excluding hydrogens is 300 g/mol. The van der Waals surface area contributed by atoms with Gasteiger partial charge in [-0.25, -0.2) is 4.79 Å². The van der Waals surface area contributed by atoms with E-state index < -0.39 is 0 Å². The van der Waals surface area contributed by atoms with Gasteiger partial charge >= 0.3 is 5.69 Å². The van der Waals surface area contributed by atoms with Gasteiger partial charge in [-0.1, -0.05) is 58.3 Å². The maximum atomic E-state index is 12.2. The number of hydrogen-bond donors (Lipinski definition) is 0. The summed E-state index contributed by atoms with van der Waals surface area (Å²) in [4.78, 5) is 16.4. The van der Waals surface area contributed by atoms with Gasteiger partial charge in [-0.2, -0.15) is 4.98 Å². The van der Waals surface area contributed by atoms with E-state index >= 15 is 0 Å². The molecule has 4 nitrogen and oxygen atoms in total. The number of rotatable bonds is 9. The van der Waals surface area contributed by atoms with Gasteiger partial charge in [0.25, 0.3) is 0 Å². The van der Waals surface area contributed by atoms with Gasteiger partial charge in [0.15, 0.2) is 0 Å². The Morgan fingerprint density at radius 3 is 2.58 bits per heavy atom.